The molecule has 7 nitrogen and oxygen atoms in total. The molecular formula is C18H16N2O5. The molecule has 7 heteroatoms. The van der Waals surface area contributed by atoms with Crippen LogP contribution in [0.4, 0.5) is 0 Å². The Morgan fingerprint density at radius 3 is 2.56 bits per heavy atom. The summed E-state index contributed by atoms with van der Waals surface area (Å²) < 4.78 is 11.6. The van der Waals surface area contributed by atoms with Gasteiger partial charge in [-0.25, -0.2) is 4.98 Å². The summed E-state index contributed by atoms with van der Waals surface area (Å²) in [5.41, 5.74) is -0.0967. The van der Waals surface area contributed by atoms with E-state index in [1.54, 1.807) is 31.4 Å². The Balaban J connectivity index is 1.88. The molecule has 0 aliphatic rings. The first-order valence-electron chi connectivity index (χ1n) is 7.94. The Hall–Kier alpha value is -2.77. The molecule has 0 bridgehead atoms. The van der Waals surface area contributed by atoms with E-state index in [0.29, 0.717) is 45.7 Å². The summed E-state index contributed by atoms with van der Waals surface area (Å²) in [5.74, 6) is -0.129. The molecule has 1 N–H and O–H groups in total. The van der Waals surface area contributed by atoms with Crippen LogP contribution < -0.4 is 11.1 Å². The SMILES string of the molecule is COCCOCCn1c(O)c2ccc3nc(=O)c4ccc(c1=O)c2c34. The van der Waals surface area contributed by atoms with Crippen LogP contribution in [-0.4, -0.2) is 41.6 Å². The lowest BCUT2D eigenvalue weighted by molar-refractivity contribution is 0.0656. The van der Waals surface area contributed by atoms with Crippen molar-refractivity contribution in [3.63, 3.8) is 0 Å². The van der Waals surface area contributed by atoms with Gasteiger partial charge in [0.25, 0.3) is 11.1 Å². The summed E-state index contributed by atoms with van der Waals surface area (Å²) in [5, 5.41) is 13.3. The number of rotatable bonds is 6. The Labute approximate surface area is 141 Å². The van der Waals surface area contributed by atoms with Crippen molar-refractivity contribution in [2.75, 3.05) is 26.9 Å². The van der Waals surface area contributed by atoms with Crippen molar-refractivity contribution in [2.24, 2.45) is 0 Å². The molecule has 4 aromatic rings. The van der Waals surface area contributed by atoms with Crippen molar-refractivity contribution in [3.8, 4) is 5.88 Å². The number of aromatic nitrogens is 2. The number of aromatic hydroxyl groups is 1. The monoisotopic (exact) mass is 340 g/mol. The van der Waals surface area contributed by atoms with Gasteiger partial charge in [0.1, 0.15) is 0 Å². The third-order valence-corrected chi connectivity index (χ3v) is 4.45. The van der Waals surface area contributed by atoms with Gasteiger partial charge in [-0.1, -0.05) is 0 Å². The summed E-state index contributed by atoms with van der Waals surface area (Å²) in [7, 11) is 1.58. The maximum atomic E-state index is 12.8. The highest BCUT2D eigenvalue weighted by molar-refractivity contribution is 6.23. The Bertz CT molecular complexity index is 1170. The minimum Gasteiger partial charge on any atom is -0.494 e. The minimum absolute atomic E-state index is 0.129. The van der Waals surface area contributed by atoms with E-state index in [2.05, 4.69) is 4.98 Å². The highest BCUT2D eigenvalue weighted by atomic mass is 16.5. The third kappa shape index (κ3) is 2.32. The van der Waals surface area contributed by atoms with Crippen LogP contribution in [0.3, 0.4) is 0 Å². The molecule has 0 unspecified atom stereocenters. The average molecular weight is 340 g/mol. The molecule has 0 aliphatic carbocycles. The van der Waals surface area contributed by atoms with Crippen LogP contribution in [0, 0.1) is 0 Å². The van der Waals surface area contributed by atoms with Gasteiger partial charge in [-0.2, -0.15) is 0 Å². The van der Waals surface area contributed by atoms with E-state index in [9.17, 15) is 14.7 Å². The second-order valence-corrected chi connectivity index (χ2v) is 5.85. The number of methoxy groups -OCH3 is 1. The zero-order chi connectivity index (χ0) is 17.6. The van der Waals surface area contributed by atoms with Crippen molar-refractivity contribution >= 4 is 32.4 Å². The summed E-state index contributed by atoms with van der Waals surface area (Å²) in [4.78, 5) is 28.8. The topological polar surface area (TPSA) is 90.7 Å². The van der Waals surface area contributed by atoms with Crippen LogP contribution in [0.25, 0.3) is 32.4 Å². The number of ether oxygens (including phenoxy) is 2. The van der Waals surface area contributed by atoms with Crippen molar-refractivity contribution in [3.05, 3.63) is 45.0 Å². The van der Waals surface area contributed by atoms with Crippen molar-refractivity contribution < 1.29 is 14.6 Å². The van der Waals surface area contributed by atoms with Crippen molar-refractivity contribution in [1.82, 2.24) is 9.55 Å². The van der Waals surface area contributed by atoms with Crippen LogP contribution in [-0.2, 0) is 16.0 Å². The molecule has 0 atom stereocenters. The molecule has 0 amide bonds. The van der Waals surface area contributed by atoms with Crippen LogP contribution in [0.15, 0.2) is 33.9 Å². The molecule has 0 saturated carbocycles. The number of benzene rings is 2. The van der Waals surface area contributed by atoms with Gasteiger partial charge in [0.2, 0.25) is 5.88 Å². The van der Waals surface area contributed by atoms with Gasteiger partial charge in [-0.15, -0.1) is 0 Å². The molecule has 2 heterocycles. The lowest BCUT2D eigenvalue weighted by Crippen LogP contribution is -2.23. The summed E-state index contributed by atoms with van der Waals surface area (Å²) >= 11 is 0. The van der Waals surface area contributed by atoms with E-state index in [4.69, 9.17) is 9.47 Å². The lowest BCUT2D eigenvalue weighted by Gasteiger charge is -2.14. The predicted octanol–water partition coefficient (Wildman–Crippen LogP) is 1.31. The van der Waals surface area contributed by atoms with Crippen molar-refractivity contribution in [2.45, 2.75) is 6.54 Å². The Kier molecular flexibility index (Phi) is 3.74. The maximum absolute atomic E-state index is 12.8. The quantitative estimate of drug-likeness (QED) is 0.532. The van der Waals surface area contributed by atoms with Gasteiger partial charge in [0.05, 0.1) is 37.3 Å². The first-order chi connectivity index (χ1) is 12.1. The molecule has 2 aromatic carbocycles. The Morgan fingerprint density at radius 2 is 1.76 bits per heavy atom. The molecule has 4 rings (SSSR count). The average Bonchev–Trinajstić information content (AvgIpc) is 2.94. The molecular weight excluding hydrogens is 324 g/mol. The van der Waals surface area contributed by atoms with Gasteiger partial charge in [0, 0.05) is 28.7 Å². The summed E-state index contributed by atoms with van der Waals surface area (Å²) in [6, 6.07) is 6.62. The largest absolute Gasteiger partial charge is 0.494 e. The fraction of sp³-hybridized carbons (Fsp3) is 0.278. The van der Waals surface area contributed by atoms with E-state index in [1.807, 2.05) is 0 Å². The first-order valence-corrected chi connectivity index (χ1v) is 7.94. The zero-order valence-electron chi connectivity index (χ0n) is 13.6. The predicted molar refractivity (Wildman–Crippen MR) is 94.0 cm³/mol. The van der Waals surface area contributed by atoms with Crippen LogP contribution in [0.1, 0.15) is 0 Å². The standard InChI is InChI=1S/C18H16N2O5/c1-24-8-9-25-7-6-20-17(22)11-3-2-10-15-13(19-16(10)21)5-4-12(14(11)15)18(20)23/h2-5,23H,6-9H2,1H3. The van der Waals surface area contributed by atoms with Crippen LogP contribution >= 0.6 is 0 Å². The number of nitrogens with zero attached hydrogens (tertiary/aromatic N) is 2. The van der Waals surface area contributed by atoms with Crippen LogP contribution in [0.2, 0.25) is 0 Å². The number of pyridine rings is 1. The number of hydrogen-bond acceptors (Lipinski definition) is 6. The van der Waals surface area contributed by atoms with Crippen LogP contribution in [0.5, 0.6) is 5.88 Å². The molecule has 0 fully saturated rings. The first kappa shape index (κ1) is 15.7. The fourth-order valence-corrected chi connectivity index (χ4v) is 3.28. The van der Waals surface area contributed by atoms with E-state index in [-0.39, 0.29) is 30.2 Å². The summed E-state index contributed by atoms with van der Waals surface area (Å²) in [6.07, 6.45) is 0. The molecule has 0 radical (unpaired) electrons. The normalized spacial score (nSPS) is 12.0. The van der Waals surface area contributed by atoms with Gasteiger partial charge in [-0.3, -0.25) is 14.2 Å². The molecule has 25 heavy (non-hydrogen) atoms. The van der Waals surface area contributed by atoms with Gasteiger partial charge in [0.15, 0.2) is 0 Å². The molecule has 2 aromatic heterocycles. The fourth-order valence-electron chi connectivity index (χ4n) is 3.28. The van der Waals surface area contributed by atoms with Gasteiger partial charge >= 0.3 is 0 Å². The number of hydrogen-bond donors (Lipinski definition) is 1. The molecule has 0 saturated heterocycles. The Morgan fingerprint density at radius 1 is 1.00 bits per heavy atom. The van der Waals surface area contributed by atoms with E-state index in [0.717, 1.165) is 0 Å². The van der Waals surface area contributed by atoms with E-state index < -0.39 is 0 Å². The molecule has 128 valence electrons. The molecule has 0 aliphatic heterocycles. The summed E-state index contributed by atoms with van der Waals surface area (Å²) in [6.45, 7) is 1.39. The minimum atomic E-state index is -0.320. The molecule has 0 spiro atoms. The van der Waals surface area contributed by atoms with Gasteiger partial charge < -0.3 is 14.6 Å². The van der Waals surface area contributed by atoms with Gasteiger partial charge in [-0.05, 0) is 24.3 Å². The van der Waals surface area contributed by atoms with Crippen molar-refractivity contribution in [1.29, 1.82) is 0 Å². The second-order valence-electron chi connectivity index (χ2n) is 5.85. The highest BCUT2D eigenvalue weighted by Crippen LogP contribution is 2.35. The third-order valence-electron chi connectivity index (χ3n) is 4.45. The second kappa shape index (κ2) is 5.94. The van der Waals surface area contributed by atoms with E-state index >= 15 is 0 Å². The zero-order valence-corrected chi connectivity index (χ0v) is 13.6. The maximum Gasteiger partial charge on any atom is 0.278 e. The van der Waals surface area contributed by atoms with E-state index in [1.165, 1.54) is 4.57 Å². The highest BCUT2D eigenvalue weighted by Gasteiger charge is 2.19. The lowest BCUT2D eigenvalue weighted by atomic mass is 10.00. The smallest absolute Gasteiger partial charge is 0.278 e.